The molecule has 0 aromatic carbocycles. The molecular weight excluding hydrogens is 518 g/mol. The SMILES string of the molecule is CC(=O)O[C@@H](C1CCC2C(CC3C4CCC5C(C)(C)[C@@H](OC(=O)C6CCN6)CC[C@@]56C[C@@]46CC[C@]23C)O1)C(C)(C)O. The molecule has 0 radical (unpaired) electrons. The van der Waals surface area contributed by atoms with E-state index in [0.717, 1.165) is 44.6 Å². The average molecular weight is 572 g/mol. The van der Waals surface area contributed by atoms with E-state index in [9.17, 15) is 14.7 Å². The standard InChI is InChI=1S/C34H53NO6/c1-19(36)39-28(31(4,5)38)24-9-7-21-25(40-24)17-22-20-8-10-26-30(2,3)27(41-29(37)23-12-16-35-23)11-13-34(26)18-33(20,34)15-14-32(21,22)6/h20-28,35,38H,7-18H2,1-6H3/t20?,21?,22?,23?,24?,25?,26?,27-,28-,32+,33-,34+/m0/s1. The van der Waals surface area contributed by atoms with Crippen LogP contribution in [0.15, 0.2) is 0 Å². The molecule has 2 saturated heterocycles. The molecule has 230 valence electrons. The van der Waals surface area contributed by atoms with Gasteiger partial charge in [-0.05, 0) is 131 Å². The van der Waals surface area contributed by atoms with E-state index in [-0.39, 0.29) is 41.7 Å². The van der Waals surface area contributed by atoms with Gasteiger partial charge >= 0.3 is 11.9 Å². The minimum Gasteiger partial charge on any atom is -0.461 e. The number of carbonyl (C=O) groups is 2. The van der Waals surface area contributed by atoms with Gasteiger partial charge in [-0.2, -0.15) is 0 Å². The maximum absolute atomic E-state index is 12.8. The number of esters is 2. The first-order chi connectivity index (χ1) is 19.2. The predicted octanol–water partition coefficient (Wildman–Crippen LogP) is 5.17. The number of aliphatic hydroxyl groups is 1. The van der Waals surface area contributed by atoms with E-state index in [1.807, 2.05) is 0 Å². The Morgan fingerprint density at radius 2 is 1.68 bits per heavy atom. The maximum Gasteiger partial charge on any atom is 0.323 e. The lowest BCUT2D eigenvalue weighted by molar-refractivity contribution is -0.200. The molecule has 7 aliphatic rings. The normalized spacial score (nSPS) is 50.0. The van der Waals surface area contributed by atoms with Gasteiger partial charge in [0.1, 0.15) is 12.1 Å². The molecule has 41 heavy (non-hydrogen) atoms. The lowest BCUT2D eigenvalue weighted by Crippen LogP contribution is -2.56. The van der Waals surface area contributed by atoms with E-state index in [2.05, 4.69) is 26.1 Å². The zero-order valence-corrected chi connectivity index (χ0v) is 26.2. The maximum atomic E-state index is 12.8. The molecule has 7 fully saturated rings. The van der Waals surface area contributed by atoms with Crippen LogP contribution in [0.25, 0.3) is 0 Å². The van der Waals surface area contributed by atoms with Crippen molar-refractivity contribution >= 4 is 11.9 Å². The second-order valence-corrected chi connectivity index (χ2v) is 16.7. The highest BCUT2D eigenvalue weighted by atomic mass is 16.6. The summed E-state index contributed by atoms with van der Waals surface area (Å²) in [6, 6.07) is -0.0961. The van der Waals surface area contributed by atoms with E-state index in [4.69, 9.17) is 14.2 Å². The van der Waals surface area contributed by atoms with Gasteiger partial charge in [0.25, 0.3) is 0 Å². The molecule has 0 amide bonds. The third-order valence-electron chi connectivity index (χ3n) is 14.3. The summed E-state index contributed by atoms with van der Waals surface area (Å²) >= 11 is 0. The molecule has 12 atom stereocenters. The first kappa shape index (κ1) is 28.6. The smallest absolute Gasteiger partial charge is 0.323 e. The lowest BCUT2D eigenvalue weighted by Gasteiger charge is -2.59. The predicted molar refractivity (Wildman–Crippen MR) is 154 cm³/mol. The molecule has 7 nitrogen and oxygen atoms in total. The van der Waals surface area contributed by atoms with Crippen LogP contribution in [-0.4, -0.2) is 59.6 Å². The minimum atomic E-state index is -1.14. The summed E-state index contributed by atoms with van der Waals surface area (Å²) in [5.41, 5.74) is 0.0240. The van der Waals surface area contributed by atoms with Gasteiger partial charge in [0, 0.05) is 12.3 Å². The van der Waals surface area contributed by atoms with E-state index in [1.165, 1.54) is 45.4 Å². The van der Waals surface area contributed by atoms with Crippen LogP contribution in [0.5, 0.6) is 0 Å². The summed E-state index contributed by atoms with van der Waals surface area (Å²) in [7, 11) is 0. The Bertz CT molecular complexity index is 1100. The molecule has 2 spiro atoms. The van der Waals surface area contributed by atoms with Crippen LogP contribution < -0.4 is 5.32 Å². The Morgan fingerprint density at radius 1 is 0.951 bits per heavy atom. The van der Waals surface area contributed by atoms with Crippen LogP contribution >= 0.6 is 0 Å². The number of rotatable bonds is 5. The molecule has 2 heterocycles. The number of ether oxygens (including phenoxy) is 3. The molecule has 7 heteroatoms. The van der Waals surface area contributed by atoms with Crippen molar-refractivity contribution in [1.29, 1.82) is 0 Å². The Kier molecular flexibility index (Phi) is 6.39. The summed E-state index contributed by atoms with van der Waals surface area (Å²) in [5, 5.41) is 14.1. The van der Waals surface area contributed by atoms with Gasteiger partial charge < -0.3 is 24.6 Å². The molecule has 0 aromatic rings. The fourth-order valence-electron chi connectivity index (χ4n) is 12.3. The van der Waals surface area contributed by atoms with Crippen molar-refractivity contribution in [1.82, 2.24) is 5.32 Å². The van der Waals surface area contributed by atoms with Crippen LogP contribution in [0, 0.1) is 45.3 Å². The van der Waals surface area contributed by atoms with Crippen molar-refractivity contribution in [2.45, 2.75) is 148 Å². The quantitative estimate of drug-likeness (QED) is 0.440. The molecular formula is C34H53NO6. The van der Waals surface area contributed by atoms with E-state index in [0.29, 0.717) is 34.0 Å². The average Bonchev–Trinajstić information content (AvgIpc) is 3.42. The largest absolute Gasteiger partial charge is 0.461 e. The first-order valence-corrected chi connectivity index (χ1v) is 16.7. The molecule has 2 aliphatic heterocycles. The van der Waals surface area contributed by atoms with Crippen molar-refractivity contribution in [3.8, 4) is 0 Å². The number of carbonyl (C=O) groups excluding carboxylic acids is 2. The highest BCUT2D eigenvalue weighted by Crippen LogP contribution is 2.87. The van der Waals surface area contributed by atoms with Crippen molar-refractivity contribution in [2.24, 2.45) is 45.3 Å². The summed E-state index contributed by atoms with van der Waals surface area (Å²) in [6.07, 6.45) is 11.9. The molecule has 0 aromatic heterocycles. The third-order valence-corrected chi connectivity index (χ3v) is 14.3. The Morgan fingerprint density at radius 3 is 2.34 bits per heavy atom. The monoisotopic (exact) mass is 571 g/mol. The number of nitrogens with one attached hydrogen (secondary N) is 1. The van der Waals surface area contributed by atoms with Gasteiger partial charge in [0.2, 0.25) is 0 Å². The van der Waals surface area contributed by atoms with Crippen LogP contribution in [-0.2, 0) is 23.8 Å². The molecule has 7 unspecified atom stereocenters. The summed E-state index contributed by atoms with van der Waals surface area (Å²) in [5.74, 6) is 2.18. The molecule has 0 bridgehead atoms. The van der Waals surface area contributed by atoms with Crippen molar-refractivity contribution in [2.75, 3.05) is 6.54 Å². The fraction of sp³-hybridized carbons (Fsp3) is 0.941. The van der Waals surface area contributed by atoms with Gasteiger partial charge in [-0.25, -0.2) is 0 Å². The molecule has 5 aliphatic carbocycles. The number of fused-ring (bicyclic) bond motifs is 4. The second kappa shape index (κ2) is 9.17. The Balaban J connectivity index is 1.09. The fourth-order valence-corrected chi connectivity index (χ4v) is 12.3. The second-order valence-electron chi connectivity index (χ2n) is 16.7. The Hall–Kier alpha value is -1.18. The summed E-state index contributed by atoms with van der Waals surface area (Å²) in [6.45, 7) is 13.1. The lowest BCUT2D eigenvalue weighted by atomic mass is 9.46. The van der Waals surface area contributed by atoms with Crippen LogP contribution in [0.3, 0.4) is 0 Å². The molecule has 7 rings (SSSR count). The minimum absolute atomic E-state index is 0.00962. The summed E-state index contributed by atoms with van der Waals surface area (Å²) < 4.78 is 18.7. The molecule has 2 N–H and O–H groups in total. The van der Waals surface area contributed by atoms with E-state index >= 15 is 0 Å². The number of hydrogen-bond acceptors (Lipinski definition) is 7. The highest BCUT2D eigenvalue weighted by Gasteiger charge is 2.81. The van der Waals surface area contributed by atoms with E-state index in [1.54, 1.807) is 13.8 Å². The highest BCUT2D eigenvalue weighted by molar-refractivity contribution is 5.77. The van der Waals surface area contributed by atoms with Crippen molar-refractivity contribution in [3.63, 3.8) is 0 Å². The van der Waals surface area contributed by atoms with Crippen LogP contribution in [0.1, 0.15) is 112 Å². The van der Waals surface area contributed by atoms with Gasteiger partial charge in [-0.1, -0.05) is 20.8 Å². The van der Waals surface area contributed by atoms with Crippen molar-refractivity contribution in [3.05, 3.63) is 0 Å². The van der Waals surface area contributed by atoms with Crippen LogP contribution in [0.4, 0.5) is 0 Å². The van der Waals surface area contributed by atoms with E-state index < -0.39 is 11.7 Å². The Labute approximate surface area is 246 Å². The number of hydrogen-bond donors (Lipinski definition) is 2. The zero-order valence-electron chi connectivity index (χ0n) is 26.2. The zero-order chi connectivity index (χ0) is 29.2. The van der Waals surface area contributed by atoms with Gasteiger partial charge in [0.05, 0.1) is 17.8 Å². The van der Waals surface area contributed by atoms with Gasteiger partial charge in [-0.15, -0.1) is 0 Å². The van der Waals surface area contributed by atoms with Gasteiger partial charge in [-0.3, -0.25) is 9.59 Å². The third kappa shape index (κ3) is 3.99. The molecule has 5 saturated carbocycles. The first-order valence-electron chi connectivity index (χ1n) is 16.7. The van der Waals surface area contributed by atoms with Crippen LogP contribution in [0.2, 0.25) is 0 Å². The van der Waals surface area contributed by atoms with Gasteiger partial charge in [0.15, 0.2) is 6.10 Å². The summed E-state index contributed by atoms with van der Waals surface area (Å²) in [4.78, 5) is 24.7. The topological polar surface area (TPSA) is 94.1 Å². The van der Waals surface area contributed by atoms with Crippen molar-refractivity contribution < 1.29 is 28.9 Å².